The lowest BCUT2D eigenvalue weighted by Gasteiger charge is -2.32. The largest absolute Gasteiger partial charge is 0.310 e. The highest BCUT2D eigenvalue weighted by molar-refractivity contribution is 6.91. The van der Waals surface area contributed by atoms with E-state index in [-0.39, 0.29) is 0 Å². The number of anilines is 6. The van der Waals surface area contributed by atoms with Crippen LogP contribution in [-0.4, -0.2) is 16.1 Å². The maximum Gasteiger partial charge on any atom is 0.187 e. The molecule has 254 valence electrons. The van der Waals surface area contributed by atoms with Gasteiger partial charge < -0.3 is 9.80 Å². The average Bonchev–Trinajstić information content (AvgIpc) is 3.15. The van der Waals surface area contributed by atoms with Crippen molar-refractivity contribution in [3.05, 3.63) is 163 Å². The Morgan fingerprint density at radius 3 is 1.25 bits per heavy atom. The van der Waals surface area contributed by atoms with Crippen molar-refractivity contribution in [3.63, 3.8) is 0 Å². The third kappa shape index (κ3) is 5.94. The summed E-state index contributed by atoms with van der Waals surface area (Å²) in [7, 11) is -3.33. The molecule has 0 radical (unpaired) electrons. The molecule has 0 heterocycles. The number of hydrogen-bond acceptors (Lipinski definition) is 2. The topological polar surface area (TPSA) is 10.8 Å². The Bertz CT molecular complexity index is 2520. The molecule has 0 bridgehead atoms. The van der Waals surface area contributed by atoms with Gasteiger partial charge in [-0.25, -0.2) is 4.85 Å². The number of benzene rings is 8. The molecule has 0 saturated heterocycles. The first-order valence-corrected chi connectivity index (χ1v) is 25.1. The van der Waals surface area contributed by atoms with E-state index in [1.54, 1.807) is 0 Å². The van der Waals surface area contributed by atoms with Gasteiger partial charge in [0.2, 0.25) is 0 Å². The Balaban J connectivity index is 1.42. The SMILES string of the molecule is [C-]#[N+]c1ccc(N(c2cc([Si](C)(C)C)cc([Si](C)(C)C)c2)c2ccc3ccc4c(N(c5ccccc5)c5ccccc5)ccc5ccc2c3c54)cc1. The Hall–Kier alpha value is -5.68. The first-order chi connectivity index (χ1) is 25.0. The first kappa shape index (κ1) is 33.5. The van der Waals surface area contributed by atoms with Gasteiger partial charge in [-0.1, -0.05) is 141 Å². The predicted molar refractivity (Wildman–Crippen MR) is 232 cm³/mol. The van der Waals surface area contributed by atoms with Gasteiger partial charge in [-0.3, -0.25) is 0 Å². The van der Waals surface area contributed by atoms with Crippen molar-refractivity contribution >= 4 is 98.7 Å². The number of rotatable bonds is 8. The van der Waals surface area contributed by atoms with Crippen LogP contribution in [0.4, 0.5) is 39.8 Å². The van der Waals surface area contributed by atoms with Crippen LogP contribution in [0.1, 0.15) is 0 Å². The molecule has 8 aromatic rings. The van der Waals surface area contributed by atoms with Crippen LogP contribution in [0.15, 0.2) is 152 Å². The molecular formula is C47H43N3Si2. The van der Waals surface area contributed by atoms with Gasteiger partial charge in [-0.2, -0.15) is 0 Å². The highest BCUT2D eigenvalue weighted by Gasteiger charge is 2.27. The average molecular weight is 706 g/mol. The monoisotopic (exact) mass is 705 g/mol. The number of hydrogen-bond donors (Lipinski definition) is 0. The van der Waals surface area contributed by atoms with E-state index in [1.807, 2.05) is 12.1 Å². The van der Waals surface area contributed by atoms with Crippen LogP contribution in [-0.2, 0) is 0 Å². The van der Waals surface area contributed by atoms with Crippen LogP contribution in [0.5, 0.6) is 0 Å². The van der Waals surface area contributed by atoms with E-state index in [4.69, 9.17) is 6.57 Å². The third-order valence-corrected chi connectivity index (χ3v) is 14.3. The molecule has 52 heavy (non-hydrogen) atoms. The fourth-order valence-electron chi connectivity index (χ4n) is 7.45. The lowest BCUT2D eigenvalue weighted by Crippen LogP contribution is -2.45. The van der Waals surface area contributed by atoms with Gasteiger partial charge in [0, 0.05) is 33.5 Å². The van der Waals surface area contributed by atoms with Crippen molar-refractivity contribution in [2.45, 2.75) is 39.3 Å². The van der Waals surface area contributed by atoms with Crippen molar-refractivity contribution < 1.29 is 0 Å². The maximum absolute atomic E-state index is 7.65. The molecule has 0 aliphatic rings. The highest BCUT2D eigenvalue weighted by atomic mass is 28.3. The van der Waals surface area contributed by atoms with Crippen molar-refractivity contribution in [2.24, 2.45) is 0 Å². The lowest BCUT2D eigenvalue weighted by molar-refractivity contribution is 1.30. The second-order valence-electron chi connectivity index (χ2n) is 15.8. The summed E-state index contributed by atoms with van der Waals surface area (Å²) in [5.74, 6) is 0. The Labute approximate surface area is 309 Å². The van der Waals surface area contributed by atoms with Gasteiger partial charge in [0.05, 0.1) is 34.1 Å². The summed E-state index contributed by atoms with van der Waals surface area (Å²) in [6, 6.07) is 55.1. The lowest BCUT2D eigenvalue weighted by atomic mass is 9.91. The van der Waals surface area contributed by atoms with Crippen LogP contribution >= 0.6 is 0 Å². The molecule has 5 heteroatoms. The Morgan fingerprint density at radius 1 is 0.423 bits per heavy atom. The van der Waals surface area contributed by atoms with Gasteiger partial charge in [-0.05, 0) is 82.2 Å². The van der Waals surface area contributed by atoms with Crippen LogP contribution in [0.3, 0.4) is 0 Å². The highest BCUT2D eigenvalue weighted by Crippen LogP contribution is 2.47. The molecule has 8 rings (SSSR count). The molecular weight excluding hydrogens is 663 g/mol. The molecule has 0 aliphatic carbocycles. The fraction of sp³-hybridized carbons (Fsp3) is 0.128. The predicted octanol–water partition coefficient (Wildman–Crippen LogP) is 13.2. The molecule has 0 unspecified atom stereocenters. The first-order valence-electron chi connectivity index (χ1n) is 18.1. The standard InChI is InChI=1S/C47H43N3Si2/c1-48-35-22-24-38(25-23-35)50(39-30-40(51(2,3)4)32-41(31-39)52(5,6)7)45-29-21-34-18-26-42-44(28-20-33-19-27-43(45)47(34)46(33)42)49(36-14-10-8-11-15-36)37-16-12-9-13-17-37/h8-32H,2-7H3. The smallest absolute Gasteiger partial charge is 0.187 e. The van der Waals surface area contributed by atoms with E-state index < -0.39 is 16.1 Å². The molecule has 0 aromatic heterocycles. The van der Waals surface area contributed by atoms with E-state index in [0.717, 1.165) is 28.4 Å². The second-order valence-corrected chi connectivity index (χ2v) is 26.0. The van der Waals surface area contributed by atoms with Crippen LogP contribution in [0.25, 0.3) is 37.2 Å². The second kappa shape index (κ2) is 12.8. The van der Waals surface area contributed by atoms with E-state index in [0.29, 0.717) is 5.69 Å². The van der Waals surface area contributed by atoms with Gasteiger partial charge in [0.25, 0.3) is 0 Å². The number of nitrogens with zero attached hydrogens (tertiary/aromatic N) is 3. The fourth-order valence-corrected chi connectivity index (χ4v) is 9.93. The zero-order chi connectivity index (χ0) is 36.2. The minimum absolute atomic E-state index is 0.645. The summed E-state index contributed by atoms with van der Waals surface area (Å²) in [6.45, 7) is 22.3. The van der Waals surface area contributed by atoms with Crippen molar-refractivity contribution in [1.29, 1.82) is 0 Å². The summed E-state index contributed by atoms with van der Waals surface area (Å²) in [5, 5.41) is 10.4. The van der Waals surface area contributed by atoms with Crippen LogP contribution in [0, 0.1) is 6.57 Å². The third-order valence-electron chi connectivity index (χ3n) is 10.3. The van der Waals surface area contributed by atoms with Gasteiger partial charge in [0.15, 0.2) is 5.69 Å². The summed E-state index contributed by atoms with van der Waals surface area (Å²) in [5.41, 5.74) is 7.42. The van der Waals surface area contributed by atoms with Gasteiger partial charge in [-0.15, -0.1) is 0 Å². The molecule has 0 N–H and O–H groups in total. The summed E-state index contributed by atoms with van der Waals surface area (Å²) in [6.07, 6.45) is 0. The van der Waals surface area contributed by atoms with Gasteiger partial charge in [0.1, 0.15) is 0 Å². The maximum atomic E-state index is 7.65. The Morgan fingerprint density at radius 2 is 0.827 bits per heavy atom. The minimum atomic E-state index is -1.67. The van der Waals surface area contributed by atoms with Crippen molar-refractivity contribution in [1.82, 2.24) is 0 Å². The molecule has 0 fully saturated rings. The zero-order valence-electron chi connectivity index (χ0n) is 30.8. The summed E-state index contributed by atoms with van der Waals surface area (Å²) >= 11 is 0. The van der Waals surface area contributed by atoms with Crippen LogP contribution < -0.4 is 20.2 Å². The number of para-hydroxylation sites is 2. The molecule has 0 saturated carbocycles. The van der Waals surface area contributed by atoms with E-state index in [1.165, 1.54) is 48.4 Å². The molecule has 0 aliphatic heterocycles. The zero-order valence-corrected chi connectivity index (χ0v) is 32.8. The minimum Gasteiger partial charge on any atom is -0.310 e. The molecule has 0 amide bonds. The van der Waals surface area contributed by atoms with E-state index >= 15 is 0 Å². The van der Waals surface area contributed by atoms with E-state index in [9.17, 15) is 0 Å². The van der Waals surface area contributed by atoms with E-state index in [2.05, 4.69) is 193 Å². The summed E-state index contributed by atoms with van der Waals surface area (Å²) in [4.78, 5) is 8.53. The summed E-state index contributed by atoms with van der Waals surface area (Å²) < 4.78 is 0. The molecule has 8 aromatic carbocycles. The van der Waals surface area contributed by atoms with Crippen molar-refractivity contribution in [3.8, 4) is 0 Å². The quantitative estimate of drug-likeness (QED) is 0.0885. The molecule has 0 spiro atoms. The van der Waals surface area contributed by atoms with Gasteiger partial charge >= 0.3 is 0 Å². The molecule has 3 nitrogen and oxygen atoms in total. The normalized spacial score (nSPS) is 12.0. The van der Waals surface area contributed by atoms with Crippen LogP contribution in [0.2, 0.25) is 39.3 Å². The molecule has 0 atom stereocenters. The van der Waals surface area contributed by atoms with Crippen molar-refractivity contribution in [2.75, 3.05) is 9.80 Å². The Kier molecular flexibility index (Phi) is 8.25.